The van der Waals surface area contributed by atoms with Gasteiger partial charge in [-0.25, -0.2) is 4.79 Å². The van der Waals surface area contributed by atoms with Crippen LogP contribution >= 0.6 is 0 Å². The molecule has 0 amide bonds. The molecule has 0 saturated heterocycles. The monoisotopic (exact) mass is 290 g/mol. The molecule has 21 heavy (non-hydrogen) atoms. The third-order valence-electron chi connectivity index (χ3n) is 4.03. The van der Waals surface area contributed by atoms with E-state index in [9.17, 15) is 4.79 Å². The fraction of sp³-hybridized carbons (Fsp3) is 0.588. The molecule has 3 N–H and O–H groups in total. The first kappa shape index (κ1) is 15.7. The van der Waals surface area contributed by atoms with Crippen LogP contribution < -0.4 is 11.1 Å². The molecule has 2 rings (SSSR count). The number of carbonyl (C=O) groups excluding carboxylic acids is 1. The fourth-order valence-corrected chi connectivity index (χ4v) is 2.84. The van der Waals surface area contributed by atoms with Crippen LogP contribution in [0.25, 0.3) is 0 Å². The number of benzene rings is 1. The quantitative estimate of drug-likeness (QED) is 0.650. The molecule has 1 aliphatic carbocycles. The predicted octanol–water partition coefficient (Wildman–Crippen LogP) is 3.97. The highest BCUT2D eigenvalue weighted by molar-refractivity contribution is 5.92. The lowest BCUT2D eigenvalue weighted by Gasteiger charge is -2.23. The Labute approximate surface area is 127 Å². The normalized spacial score (nSPS) is 16.8. The summed E-state index contributed by atoms with van der Waals surface area (Å²) in [6.45, 7) is 2.19. The SMILES string of the molecule is CCOC(=O)c1ccc(N)c(NC2CCCCCCC2)c1. The van der Waals surface area contributed by atoms with Gasteiger partial charge in [0.05, 0.1) is 23.5 Å². The van der Waals surface area contributed by atoms with Gasteiger partial charge in [0.25, 0.3) is 0 Å². The number of nitrogens with one attached hydrogen (secondary N) is 1. The van der Waals surface area contributed by atoms with Crippen molar-refractivity contribution in [3.63, 3.8) is 0 Å². The number of hydrogen-bond donors (Lipinski definition) is 2. The van der Waals surface area contributed by atoms with Crippen molar-refractivity contribution in [1.82, 2.24) is 0 Å². The molecular formula is C17H26N2O2. The summed E-state index contributed by atoms with van der Waals surface area (Å²) in [6.07, 6.45) is 8.84. The van der Waals surface area contributed by atoms with Crippen molar-refractivity contribution in [3.05, 3.63) is 23.8 Å². The van der Waals surface area contributed by atoms with E-state index in [0.29, 0.717) is 23.9 Å². The van der Waals surface area contributed by atoms with E-state index >= 15 is 0 Å². The number of anilines is 2. The maximum absolute atomic E-state index is 11.8. The zero-order chi connectivity index (χ0) is 15.1. The summed E-state index contributed by atoms with van der Waals surface area (Å²) >= 11 is 0. The van der Waals surface area contributed by atoms with Crippen molar-refractivity contribution >= 4 is 17.3 Å². The summed E-state index contributed by atoms with van der Waals surface area (Å²) in [5.74, 6) is -0.293. The van der Waals surface area contributed by atoms with Gasteiger partial charge in [-0.15, -0.1) is 0 Å². The van der Waals surface area contributed by atoms with Gasteiger partial charge in [0, 0.05) is 6.04 Å². The van der Waals surface area contributed by atoms with Gasteiger partial charge >= 0.3 is 5.97 Å². The topological polar surface area (TPSA) is 64.3 Å². The fourth-order valence-electron chi connectivity index (χ4n) is 2.84. The molecule has 0 atom stereocenters. The highest BCUT2D eigenvalue weighted by Gasteiger charge is 2.14. The highest BCUT2D eigenvalue weighted by Crippen LogP contribution is 2.25. The molecule has 1 aliphatic rings. The Morgan fingerprint density at radius 1 is 1.24 bits per heavy atom. The van der Waals surface area contributed by atoms with Crippen LogP contribution in [0.1, 0.15) is 62.2 Å². The van der Waals surface area contributed by atoms with Gasteiger partial charge in [0.1, 0.15) is 0 Å². The zero-order valence-electron chi connectivity index (χ0n) is 12.9. The van der Waals surface area contributed by atoms with E-state index < -0.39 is 0 Å². The summed E-state index contributed by atoms with van der Waals surface area (Å²) in [5.41, 5.74) is 8.13. The first-order valence-electron chi connectivity index (χ1n) is 8.04. The molecule has 0 heterocycles. The number of rotatable bonds is 4. The van der Waals surface area contributed by atoms with Crippen LogP contribution in [0.3, 0.4) is 0 Å². The molecule has 0 aromatic heterocycles. The second-order valence-corrected chi connectivity index (χ2v) is 5.71. The van der Waals surface area contributed by atoms with E-state index in [1.165, 1.54) is 44.9 Å². The third kappa shape index (κ3) is 4.66. The highest BCUT2D eigenvalue weighted by atomic mass is 16.5. The van der Waals surface area contributed by atoms with Crippen LogP contribution in [-0.4, -0.2) is 18.6 Å². The number of ether oxygens (including phenoxy) is 1. The maximum Gasteiger partial charge on any atom is 0.338 e. The molecule has 1 aromatic rings. The number of esters is 1. The Balaban J connectivity index is 2.06. The van der Waals surface area contributed by atoms with E-state index in [0.717, 1.165) is 5.69 Å². The average molecular weight is 290 g/mol. The van der Waals surface area contributed by atoms with E-state index in [2.05, 4.69) is 5.32 Å². The van der Waals surface area contributed by atoms with Gasteiger partial charge in [-0.2, -0.15) is 0 Å². The first-order chi connectivity index (χ1) is 10.2. The van der Waals surface area contributed by atoms with Crippen molar-refractivity contribution in [2.75, 3.05) is 17.7 Å². The van der Waals surface area contributed by atoms with Crippen LogP contribution in [-0.2, 0) is 4.74 Å². The molecule has 1 aromatic carbocycles. The van der Waals surface area contributed by atoms with Crippen molar-refractivity contribution in [1.29, 1.82) is 0 Å². The molecule has 4 heteroatoms. The zero-order valence-corrected chi connectivity index (χ0v) is 12.9. The maximum atomic E-state index is 11.8. The minimum atomic E-state index is -0.293. The molecular weight excluding hydrogens is 264 g/mol. The molecule has 4 nitrogen and oxygen atoms in total. The summed E-state index contributed by atoms with van der Waals surface area (Å²) in [5, 5.41) is 3.52. The lowest BCUT2D eigenvalue weighted by Crippen LogP contribution is -2.21. The molecule has 0 bridgehead atoms. The summed E-state index contributed by atoms with van der Waals surface area (Å²) < 4.78 is 5.04. The Kier molecular flexibility index (Phi) is 5.90. The lowest BCUT2D eigenvalue weighted by molar-refractivity contribution is 0.0526. The smallest absolute Gasteiger partial charge is 0.338 e. The van der Waals surface area contributed by atoms with Gasteiger partial charge in [-0.1, -0.05) is 32.1 Å². The van der Waals surface area contributed by atoms with Gasteiger partial charge in [0.15, 0.2) is 0 Å². The second-order valence-electron chi connectivity index (χ2n) is 5.71. The van der Waals surface area contributed by atoms with Crippen LogP contribution in [0.5, 0.6) is 0 Å². The average Bonchev–Trinajstić information content (AvgIpc) is 2.44. The Morgan fingerprint density at radius 3 is 2.57 bits per heavy atom. The Hall–Kier alpha value is -1.71. The molecule has 0 aliphatic heterocycles. The van der Waals surface area contributed by atoms with Crippen LogP contribution in [0.15, 0.2) is 18.2 Å². The standard InChI is InChI=1S/C17H26N2O2/c1-2-21-17(20)13-10-11-15(18)16(12-13)19-14-8-6-4-3-5-7-9-14/h10-12,14,19H,2-9,18H2,1H3. The molecule has 0 radical (unpaired) electrons. The van der Waals surface area contributed by atoms with Crippen LogP contribution in [0.2, 0.25) is 0 Å². The van der Waals surface area contributed by atoms with Crippen molar-refractivity contribution in [2.24, 2.45) is 0 Å². The van der Waals surface area contributed by atoms with E-state index in [-0.39, 0.29) is 5.97 Å². The minimum Gasteiger partial charge on any atom is -0.462 e. The van der Waals surface area contributed by atoms with Crippen molar-refractivity contribution in [3.8, 4) is 0 Å². The van der Waals surface area contributed by atoms with Crippen molar-refractivity contribution < 1.29 is 9.53 Å². The Morgan fingerprint density at radius 2 is 1.90 bits per heavy atom. The number of nitrogens with two attached hydrogens (primary N) is 1. The Bertz CT molecular complexity index is 466. The molecule has 0 unspecified atom stereocenters. The second kappa shape index (κ2) is 7.91. The van der Waals surface area contributed by atoms with Gasteiger partial charge in [-0.3, -0.25) is 0 Å². The summed E-state index contributed by atoms with van der Waals surface area (Å²) in [6, 6.07) is 5.75. The van der Waals surface area contributed by atoms with Gasteiger partial charge in [0.2, 0.25) is 0 Å². The minimum absolute atomic E-state index is 0.293. The predicted molar refractivity (Wildman–Crippen MR) is 86.5 cm³/mol. The summed E-state index contributed by atoms with van der Waals surface area (Å²) in [4.78, 5) is 11.8. The summed E-state index contributed by atoms with van der Waals surface area (Å²) in [7, 11) is 0. The molecule has 1 fully saturated rings. The van der Waals surface area contributed by atoms with E-state index in [1.807, 2.05) is 13.0 Å². The van der Waals surface area contributed by atoms with Gasteiger partial charge < -0.3 is 15.8 Å². The van der Waals surface area contributed by atoms with E-state index in [1.54, 1.807) is 12.1 Å². The lowest BCUT2D eigenvalue weighted by atomic mass is 9.96. The number of nitrogen functional groups attached to an aromatic ring is 1. The largest absolute Gasteiger partial charge is 0.462 e. The van der Waals surface area contributed by atoms with Crippen molar-refractivity contribution in [2.45, 2.75) is 57.9 Å². The number of carbonyl (C=O) groups is 1. The first-order valence-corrected chi connectivity index (χ1v) is 8.04. The van der Waals surface area contributed by atoms with E-state index in [4.69, 9.17) is 10.5 Å². The molecule has 1 saturated carbocycles. The van der Waals surface area contributed by atoms with Gasteiger partial charge in [-0.05, 0) is 38.0 Å². The van der Waals surface area contributed by atoms with Crippen LogP contribution in [0, 0.1) is 0 Å². The molecule has 0 spiro atoms. The molecule has 116 valence electrons. The van der Waals surface area contributed by atoms with Crippen LogP contribution in [0.4, 0.5) is 11.4 Å². The number of hydrogen-bond acceptors (Lipinski definition) is 4. The third-order valence-corrected chi connectivity index (χ3v) is 4.03.